The number of aliphatic imine (C=N–C) groups is 1. The molecule has 0 aromatic rings. The van der Waals surface area contributed by atoms with Crippen molar-refractivity contribution in [2.24, 2.45) is 16.8 Å². The number of unbranched alkanes of at least 4 members (excludes halogenated alkanes) is 1. The molecule has 0 saturated heterocycles. The first-order valence-corrected chi connectivity index (χ1v) is 5.17. The Labute approximate surface area is 81.2 Å². The molecule has 0 aliphatic heterocycles. The van der Waals surface area contributed by atoms with Gasteiger partial charge in [0, 0.05) is 12.5 Å². The fourth-order valence-electron chi connectivity index (χ4n) is 0.763. The van der Waals surface area contributed by atoms with Crippen LogP contribution in [-0.4, -0.2) is 11.7 Å². The lowest BCUT2D eigenvalue weighted by atomic mass is 9.99. The van der Waals surface area contributed by atoms with E-state index >= 15 is 0 Å². The van der Waals surface area contributed by atoms with Gasteiger partial charge in [-0.15, -0.1) is 0 Å². The molecule has 1 unspecified atom stereocenters. The van der Waals surface area contributed by atoms with Gasteiger partial charge in [-0.05, 0) is 12.3 Å². The SMILES string of the molecule is CCCCN=C(Cl)C(C)C(C)C. The van der Waals surface area contributed by atoms with Crippen LogP contribution in [0.25, 0.3) is 0 Å². The van der Waals surface area contributed by atoms with Crippen molar-refractivity contribution in [3.05, 3.63) is 0 Å². The number of halogens is 1. The third-order valence-electron chi connectivity index (χ3n) is 2.15. The lowest BCUT2D eigenvalue weighted by molar-refractivity contribution is 0.535. The second-order valence-electron chi connectivity index (χ2n) is 3.59. The fourth-order valence-corrected chi connectivity index (χ4v) is 1.10. The fraction of sp³-hybridized carbons (Fsp3) is 0.900. The zero-order valence-electron chi connectivity index (χ0n) is 8.60. The standard InChI is InChI=1S/C10H20ClN/c1-5-6-7-12-10(11)9(4)8(2)3/h8-9H,5-7H2,1-4H3. The minimum atomic E-state index is 0.406. The highest BCUT2D eigenvalue weighted by molar-refractivity contribution is 6.65. The maximum absolute atomic E-state index is 6.01. The zero-order chi connectivity index (χ0) is 9.56. The van der Waals surface area contributed by atoms with Crippen molar-refractivity contribution >= 4 is 16.8 Å². The van der Waals surface area contributed by atoms with Gasteiger partial charge in [0.2, 0.25) is 0 Å². The van der Waals surface area contributed by atoms with Gasteiger partial charge in [-0.1, -0.05) is 45.7 Å². The average molecular weight is 190 g/mol. The summed E-state index contributed by atoms with van der Waals surface area (Å²) in [6.45, 7) is 9.51. The molecule has 0 amide bonds. The first-order valence-electron chi connectivity index (χ1n) is 4.79. The van der Waals surface area contributed by atoms with Gasteiger partial charge in [-0.3, -0.25) is 4.99 Å². The van der Waals surface area contributed by atoms with E-state index in [0.717, 1.165) is 18.1 Å². The molecule has 0 aromatic carbocycles. The van der Waals surface area contributed by atoms with Crippen molar-refractivity contribution in [2.45, 2.75) is 40.5 Å². The van der Waals surface area contributed by atoms with Crippen molar-refractivity contribution in [1.82, 2.24) is 0 Å². The van der Waals surface area contributed by atoms with Gasteiger partial charge in [0.25, 0.3) is 0 Å². The maximum atomic E-state index is 6.01. The molecule has 0 heterocycles. The molecular weight excluding hydrogens is 170 g/mol. The summed E-state index contributed by atoms with van der Waals surface area (Å²) in [5.74, 6) is 0.992. The van der Waals surface area contributed by atoms with Crippen LogP contribution < -0.4 is 0 Å². The highest BCUT2D eigenvalue weighted by Crippen LogP contribution is 2.14. The van der Waals surface area contributed by atoms with E-state index in [1.165, 1.54) is 6.42 Å². The topological polar surface area (TPSA) is 12.4 Å². The van der Waals surface area contributed by atoms with Crippen LogP contribution in [0, 0.1) is 11.8 Å². The van der Waals surface area contributed by atoms with Gasteiger partial charge in [0.05, 0.1) is 0 Å². The highest BCUT2D eigenvalue weighted by atomic mass is 35.5. The van der Waals surface area contributed by atoms with E-state index in [0.29, 0.717) is 11.8 Å². The van der Waals surface area contributed by atoms with E-state index in [1.54, 1.807) is 0 Å². The van der Waals surface area contributed by atoms with Crippen molar-refractivity contribution in [3.8, 4) is 0 Å². The normalized spacial score (nSPS) is 15.3. The summed E-state index contributed by atoms with van der Waals surface area (Å²) in [5, 5.41) is 0.790. The van der Waals surface area contributed by atoms with Gasteiger partial charge in [0.1, 0.15) is 5.17 Å². The molecule has 2 heteroatoms. The van der Waals surface area contributed by atoms with Gasteiger partial charge in [-0.2, -0.15) is 0 Å². The summed E-state index contributed by atoms with van der Waals surface area (Å²) >= 11 is 6.01. The van der Waals surface area contributed by atoms with E-state index in [4.69, 9.17) is 11.6 Å². The Morgan fingerprint density at radius 3 is 2.33 bits per heavy atom. The van der Waals surface area contributed by atoms with Gasteiger partial charge < -0.3 is 0 Å². The van der Waals surface area contributed by atoms with Gasteiger partial charge in [0.15, 0.2) is 0 Å². The summed E-state index contributed by atoms with van der Waals surface area (Å²) in [6.07, 6.45) is 2.32. The Morgan fingerprint density at radius 1 is 1.33 bits per heavy atom. The molecule has 0 aromatic heterocycles. The molecule has 12 heavy (non-hydrogen) atoms. The molecule has 0 fully saturated rings. The molecular formula is C10H20ClN. The molecule has 0 radical (unpaired) electrons. The van der Waals surface area contributed by atoms with E-state index in [1.807, 2.05) is 0 Å². The van der Waals surface area contributed by atoms with E-state index in [-0.39, 0.29) is 0 Å². The number of hydrogen-bond donors (Lipinski definition) is 0. The third-order valence-corrected chi connectivity index (χ3v) is 2.61. The first-order chi connectivity index (χ1) is 5.59. The minimum absolute atomic E-state index is 0.406. The third kappa shape index (κ3) is 4.76. The van der Waals surface area contributed by atoms with Crippen molar-refractivity contribution in [3.63, 3.8) is 0 Å². The van der Waals surface area contributed by atoms with Crippen LogP contribution in [0.1, 0.15) is 40.5 Å². The van der Waals surface area contributed by atoms with E-state index < -0.39 is 0 Å². The predicted molar refractivity (Wildman–Crippen MR) is 57.1 cm³/mol. The van der Waals surface area contributed by atoms with Crippen LogP contribution in [0.3, 0.4) is 0 Å². The summed E-state index contributed by atoms with van der Waals surface area (Å²) in [5.41, 5.74) is 0. The molecule has 0 saturated carbocycles. The largest absolute Gasteiger partial charge is 0.277 e. The van der Waals surface area contributed by atoms with Gasteiger partial charge >= 0.3 is 0 Å². The van der Waals surface area contributed by atoms with E-state index in [9.17, 15) is 0 Å². The summed E-state index contributed by atoms with van der Waals surface area (Å²) in [4.78, 5) is 4.32. The Morgan fingerprint density at radius 2 is 1.92 bits per heavy atom. The zero-order valence-corrected chi connectivity index (χ0v) is 9.36. The number of nitrogens with zero attached hydrogens (tertiary/aromatic N) is 1. The molecule has 0 aliphatic carbocycles. The van der Waals surface area contributed by atoms with Gasteiger partial charge in [-0.25, -0.2) is 0 Å². The van der Waals surface area contributed by atoms with Crippen LogP contribution in [0.15, 0.2) is 4.99 Å². The number of rotatable bonds is 5. The monoisotopic (exact) mass is 189 g/mol. The van der Waals surface area contributed by atoms with Crippen molar-refractivity contribution in [2.75, 3.05) is 6.54 Å². The molecule has 1 atom stereocenters. The summed E-state index contributed by atoms with van der Waals surface area (Å²) in [7, 11) is 0. The second-order valence-corrected chi connectivity index (χ2v) is 3.98. The molecule has 1 nitrogen and oxygen atoms in total. The Kier molecular flexibility index (Phi) is 6.45. The smallest absolute Gasteiger partial charge is 0.103 e. The summed E-state index contributed by atoms with van der Waals surface area (Å²) in [6, 6.07) is 0. The van der Waals surface area contributed by atoms with Crippen LogP contribution >= 0.6 is 11.6 Å². The Hall–Kier alpha value is -0.0400. The highest BCUT2D eigenvalue weighted by Gasteiger charge is 2.11. The van der Waals surface area contributed by atoms with Crippen molar-refractivity contribution in [1.29, 1.82) is 0 Å². The average Bonchev–Trinajstić information content (AvgIpc) is 2.03. The maximum Gasteiger partial charge on any atom is 0.103 e. The van der Waals surface area contributed by atoms with Crippen LogP contribution in [-0.2, 0) is 0 Å². The van der Waals surface area contributed by atoms with Crippen LogP contribution in [0.4, 0.5) is 0 Å². The Balaban J connectivity index is 3.82. The molecule has 0 rings (SSSR count). The Bertz CT molecular complexity index is 141. The quantitative estimate of drug-likeness (QED) is 0.462. The molecule has 0 N–H and O–H groups in total. The van der Waals surface area contributed by atoms with E-state index in [2.05, 4.69) is 32.7 Å². The minimum Gasteiger partial charge on any atom is -0.277 e. The second kappa shape index (κ2) is 6.47. The number of hydrogen-bond acceptors (Lipinski definition) is 1. The van der Waals surface area contributed by atoms with Crippen molar-refractivity contribution < 1.29 is 0 Å². The lowest BCUT2D eigenvalue weighted by Gasteiger charge is -2.12. The van der Waals surface area contributed by atoms with Crippen LogP contribution in [0.2, 0.25) is 0 Å². The molecule has 0 aliphatic rings. The lowest BCUT2D eigenvalue weighted by Crippen LogP contribution is -2.12. The molecule has 0 spiro atoms. The summed E-state index contributed by atoms with van der Waals surface area (Å²) < 4.78 is 0. The molecule has 72 valence electrons. The molecule has 0 bridgehead atoms. The predicted octanol–water partition coefficient (Wildman–Crippen LogP) is 3.72. The van der Waals surface area contributed by atoms with Crippen LogP contribution in [0.5, 0.6) is 0 Å². The first kappa shape index (κ1) is 12.0.